The van der Waals surface area contributed by atoms with Gasteiger partial charge in [0.2, 0.25) is 17.6 Å². The maximum absolute atomic E-state index is 14.6. The lowest BCUT2D eigenvalue weighted by molar-refractivity contribution is -0.144. The van der Waals surface area contributed by atoms with Gasteiger partial charge < -0.3 is 35.2 Å². The maximum Gasteiger partial charge on any atom is 0.408 e. The fourth-order valence-corrected chi connectivity index (χ4v) is 7.10. The highest BCUT2D eigenvalue weighted by molar-refractivity contribution is 6.38. The van der Waals surface area contributed by atoms with E-state index in [1.54, 1.807) is 6.92 Å². The molecule has 1 saturated carbocycles. The Morgan fingerprint density at radius 2 is 1.69 bits per heavy atom. The van der Waals surface area contributed by atoms with E-state index in [4.69, 9.17) is 14.3 Å². The second-order valence-corrected chi connectivity index (χ2v) is 16.3. The molecule has 4 rings (SSSR count). The van der Waals surface area contributed by atoms with Crippen LogP contribution in [-0.4, -0.2) is 89.2 Å². The second-order valence-electron chi connectivity index (χ2n) is 16.3. The van der Waals surface area contributed by atoms with E-state index >= 15 is 0 Å². The van der Waals surface area contributed by atoms with Crippen molar-refractivity contribution in [3.8, 4) is 5.75 Å². The third-order valence-corrected chi connectivity index (χ3v) is 9.74. The van der Waals surface area contributed by atoms with Crippen molar-refractivity contribution >= 4 is 35.3 Å². The number of nitrogens with one attached hydrogen (secondary N) is 3. The van der Waals surface area contributed by atoms with E-state index in [1.165, 1.54) is 4.90 Å². The van der Waals surface area contributed by atoms with Gasteiger partial charge in [-0.25, -0.2) is 4.79 Å². The highest BCUT2D eigenvalue weighted by atomic mass is 16.7. The first-order valence-corrected chi connectivity index (χ1v) is 18.8. The Kier molecular flexibility index (Phi) is 13.0. The lowest BCUT2D eigenvalue weighted by atomic mass is 9.85. The van der Waals surface area contributed by atoms with Crippen LogP contribution in [0.15, 0.2) is 17.3 Å². The molecular weight excluding hydrogens is 666 g/mol. The molecule has 288 valence electrons. The Hall–Kier alpha value is -4.16. The lowest BCUT2D eigenvalue weighted by Gasteiger charge is -2.35. The minimum Gasteiger partial charge on any atom is -0.493 e. The molecule has 1 aliphatic carbocycles. The summed E-state index contributed by atoms with van der Waals surface area (Å²) >= 11 is 0. The third-order valence-electron chi connectivity index (χ3n) is 9.74. The van der Waals surface area contributed by atoms with E-state index in [9.17, 15) is 24.0 Å². The van der Waals surface area contributed by atoms with Crippen molar-refractivity contribution in [1.82, 2.24) is 20.9 Å². The van der Waals surface area contributed by atoms with Gasteiger partial charge in [-0.05, 0) is 88.0 Å². The number of ketones is 1. The number of benzene rings is 1. The number of carbonyl (C=O) groups excluding carboxylic acids is 5. The molecule has 1 spiro atoms. The lowest BCUT2D eigenvalue weighted by Crippen LogP contribution is -2.59. The van der Waals surface area contributed by atoms with Crippen molar-refractivity contribution in [2.45, 2.75) is 150 Å². The summed E-state index contributed by atoms with van der Waals surface area (Å²) < 4.78 is 11.4. The maximum atomic E-state index is 14.6. The molecule has 1 aromatic carbocycles. The van der Waals surface area contributed by atoms with E-state index in [1.807, 2.05) is 74.4 Å². The number of ether oxygens (including phenoxy) is 2. The van der Waals surface area contributed by atoms with Crippen LogP contribution in [0.1, 0.15) is 117 Å². The SMILES string of the molecule is CCC[C@H](NC(=O)[C@@H]1C[C@]2(CC(c3cc(C)c(OCC)c(C)c3)=NO2)CN1C(=O)[C@@H](NC(=O)O[C@@H](C)CC(C)C)C(C)(C)C)C(=O)C(=O)NC1CC1. The van der Waals surface area contributed by atoms with Gasteiger partial charge in [0, 0.05) is 24.4 Å². The van der Waals surface area contributed by atoms with Crippen molar-refractivity contribution in [3.63, 3.8) is 0 Å². The van der Waals surface area contributed by atoms with Gasteiger partial charge in [0.05, 0.1) is 24.9 Å². The molecule has 13 heteroatoms. The molecule has 0 unspecified atom stereocenters. The van der Waals surface area contributed by atoms with Crippen LogP contribution in [0.2, 0.25) is 0 Å². The molecule has 52 heavy (non-hydrogen) atoms. The van der Waals surface area contributed by atoms with Crippen LogP contribution in [0.5, 0.6) is 5.75 Å². The molecule has 2 heterocycles. The summed E-state index contributed by atoms with van der Waals surface area (Å²) in [6, 6.07) is 0.751. The summed E-state index contributed by atoms with van der Waals surface area (Å²) in [4.78, 5) is 75.5. The first-order valence-electron chi connectivity index (χ1n) is 18.8. The van der Waals surface area contributed by atoms with Gasteiger partial charge in [-0.1, -0.05) is 53.1 Å². The Balaban J connectivity index is 1.63. The standard InChI is InChI=1S/C39H59N5O8/c1-11-13-28(31(45)35(47)40-27-14-15-27)41-34(46)30-20-39(19-29(43-52-39)26-17-23(5)32(50-12-2)24(6)18-26)21-44(30)36(48)33(38(8,9)10)42-37(49)51-25(7)16-22(3)4/h17-18,22,25,27-28,30,33H,11-16,19-21H2,1-10H3,(H,40,47)(H,41,46)(H,42,49)/t25-,28-,30-,33+,39+/m0/s1. The van der Waals surface area contributed by atoms with Crippen LogP contribution in [-0.2, 0) is 28.8 Å². The molecule has 5 atom stereocenters. The number of likely N-dealkylation sites (tertiary alicyclic amines) is 1. The molecule has 1 saturated heterocycles. The van der Waals surface area contributed by atoms with Crippen molar-refractivity contribution in [2.24, 2.45) is 16.5 Å². The Morgan fingerprint density at radius 1 is 1.04 bits per heavy atom. The van der Waals surface area contributed by atoms with Gasteiger partial charge in [-0.2, -0.15) is 0 Å². The Morgan fingerprint density at radius 3 is 2.25 bits per heavy atom. The summed E-state index contributed by atoms with van der Waals surface area (Å²) in [7, 11) is 0. The zero-order chi connectivity index (χ0) is 38.5. The molecule has 0 radical (unpaired) electrons. The number of rotatable bonds is 15. The molecule has 3 aliphatic rings. The molecule has 0 bridgehead atoms. The molecule has 13 nitrogen and oxygen atoms in total. The minimum atomic E-state index is -1.08. The van der Waals surface area contributed by atoms with Gasteiger partial charge in [0.1, 0.15) is 23.9 Å². The number of hydrogen-bond donors (Lipinski definition) is 3. The number of Topliss-reactive ketones (excluding diaryl/α,β-unsaturated/α-hetero) is 1. The number of alkyl carbamates (subject to hydrolysis) is 1. The fourth-order valence-electron chi connectivity index (χ4n) is 7.10. The predicted molar refractivity (Wildman–Crippen MR) is 197 cm³/mol. The van der Waals surface area contributed by atoms with E-state index in [-0.39, 0.29) is 31.5 Å². The van der Waals surface area contributed by atoms with Gasteiger partial charge in [-0.15, -0.1) is 0 Å². The number of aryl methyl sites for hydroxylation is 2. The van der Waals surface area contributed by atoms with E-state index in [0.717, 1.165) is 35.3 Å². The summed E-state index contributed by atoms with van der Waals surface area (Å²) in [5, 5.41) is 12.8. The first kappa shape index (κ1) is 40.6. The normalized spacial score (nSPS) is 21.6. The molecule has 2 fully saturated rings. The Labute approximate surface area is 308 Å². The second kappa shape index (κ2) is 16.7. The van der Waals surface area contributed by atoms with Crippen LogP contribution in [0, 0.1) is 25.2 Å². The molecule has 1 aromatic rings. The average molecular weight is 726 g/mol. The summed E-state index contributed by atoms with van der Waals surface area (Å²) in [5.74, 6) is -1.40. The highest BCUT2D eigenvalue weighted by Crippen LogP contribution is 2.41. The van der Waals surface area contributed by atoms with E-state index in [0.29, 0.717) is 37.5 Å². The van der Waals surface area contributed by atoms with Crippen LogP contribution in [0.25, 0.3) is 0 Å². The summed E-state index contributed by atoms with van der Waals surface area (Å²) in [6.07, 6.45) is 2.39. The van der Waals surface area contributed by atoms with Crippen molar-refractivity contribution in [1.29, 1.82) is 0 Å². The van der Waals surface area contributed by atoms with E-state index < -0.39 is 58.7 Å². The first-order chi connectivity index (χ1) is 24.4. The van der Waals surface area contributed by atoms with Gasteiger partial charge in [0.25, 0.3) is 5.91 Å². The van der Waals surface area contributed by atoms with Crippen molar-refractivity contribution in [3.05, 3.63) is 28.8 Å². The summed E-state index contributed by atoms with van der Waals surface area (Å²) in [5.41, 5.74) is 1.61. The number of carbonyl (C=O) groups is 5. The molecular formula is C39H59N5O8. The van der Waals surface area contributed by atoms with Gasteiger partial charge in [0.15, 0.2) is 5.60 Å². The average Bonchev–Trinajstić information content (AvgIpc) is 3.64. The van der Waals surface area contributed by atoms with Gasteiger partial charge >= 0.3 is 6.09 Å². The molecule has 3 N–H and O–H groups in total. The zero-order valence-electron chi connectivity index (χ0n) is 32.6. The van der Waals surface area contributed by atoms with E-state index in [2.05, 4.69) is 21.1 Å². The number of amides is 4. The van der Waals surface area contributed by atoms with Crippen LogP contribution < -0.4 is 20.7 Å². The van der Waals surface area contributed by atoms with Crippen LogP contribution >= 0.6 is 0 Å². The minimum absolute atomic E-state index is 0.00747. The van der Waals surface area contributed by atoms with Crippen LogP contribution in [0.4, 0.5) is 4.79 Å². The van der Waals surface area contributed by atoms with Crippen molar-refractivity contribution < 1.29 is 38.3 Å². The molecule has 0 aromatic heterocycles. The third kappa shape index (κ3) is 10.0. The zero-order valence-corrected chi connectivity index (χ0v) is 32.6. The topological polar surface area (TPSA) is 165 Å². The largest absolute Gasteiger partial charge is 0.493 e. The smallest absolute Gasteiger partial charge is 0.408 e. The number of hydrogen-bond acceptors (Lipinski definition) is 9. The quantitative estimate of drug-likeness (QED) is 0.216. The summed E-state index contributed by atoms with van der Waals surface area (Å²) in [6.45, 7) is 19.6. The van der Waals surface area contributed by atoms with Crippen LogP contribution in [0.3, 0.4) is 0 Å². The predicted octanol–water partition coefficient (Wildman–Crippen LogP) is 4.87. The van der Waals surface area contributed by atoms with Gasteiger partial charge in [-0.3, -0.25) is 19.2 Å². The highest BCUT2D eigenvalue weighted by Gasteiger charge is 2.56. The Bertz CT molecular complexity index is 1520. The number of oxime groups is 1. The molecule has 4 amide bonds. The van der Waals surface area contributed by atoms with Crippen molar-refractivity contribution in [2.75, 3.05) is 13.2 Å². The monoisotopic (exact) mass is 725 g/mol. The molecule has 2 aliphatic heterocycles. The number of nitrogens with zero attached hydrogens (tertiary/aromatic N) is 2. The fraction of sp³-hybridized carbons (Fsp3) is 0.692.